The molecular formula is C34H55NO2SSn. The number of aryl methyl sites for hydroxylation is 1. The Morgan fingerprint density at radius 2 is 1.26 bits per heavy atom. The van der Waals surface area contributed by atoms with E-state index < -0.39 is 28.4 Å². The summed E-state index contributed by atoms with van der Waals surface area (Å²) in [6, 6.07) is 17.7. The van der Waals surface area contributed by atoms with E-state index in [2.05, 4.69) is 45.9 Å². The van der Waals surface area contributed by atoms with Crippen molar-refractivity contribution in [2.45, 2.75) is 130 Å². The summed E-state index contributed by atoms with van der Waals surface area (Å²) in [5.74, 6) is 0. The molecule has 2 rings (SSSR count). The third-order valence-corrected chi connectivity index (χ3v) is 25.9. The topological polar surface area (TPSA) is 37.4 Å². The summed E-state index contributed by atoms with van der Waals surface area (Å²) in [5, 5.41) is 0. The standard InChI is InChI=1S/C22H28NO2S.3C4H9.Sn/c1-3-4-5-6-7-11-18-23(19-21-12-9-8-10-13-21)26(24,25)22-16-14-20(2)15-17-22;3*1-3-4-2;/h8-17H,3-7,19H2,1-2H3;3*1,3-4H2,2H3;. The number of unbranched alkanes of at least 4 members (excludes halogenated alkanes) is 7. The van der Waals surface area contributed by atoms with E-state index in [9.17, 15) is 8.42 Å². The number of hydrogen-bond acceptors (Lipinski definition) is 2. The van der Waals surface area contributed by atoms with Gasteiger partial charge < -0.3 is 0 Å². The van der Waals surface area contributed by atoms with Crippen molar-refractivity contribution < 1.29 is 8.42 Å². The first-order valence-electron chi connectivity index (χ1n) is 15.7. The Morgan fingerprint density at radius 3 is 1.77 bits per heavy atom. The van der Waals surface area contributed by atoms with Crippen molar-refractivity contribution >= 4 is 28.4 Å². The van der Waals surface area contributed by atoms with Gasteiger partial charge in [-0.2, -0.15) is 0 Å². The number of allylic oxidation sites excluding steroid dienone is 1. The molecule has 0 heterocycles. The van der Waals surface area contributed by atoms with Crippen molar-refractivity contribution in [1.29, 1.82) is 0 Å². The molecule has 3 nitrogen and oxygen atoms in total. The average Bonchev–Trinajstić information content (AvgIpc) is 2.95. The molecule has 0 aromatic heterocycles. The molecule has 0 bridgehead atoms. The Hall–Kier alpha value is -1.27. The predicted octanol–water partition coefficient (Wildman–Crippen LogP) is 10.4. The van der Waals surface area contributed by atoms with Crippen molar-refractivity contribution in [3.8, 4) is 0 Å². The first kappa shape index (κ1) is 33.9. The molecule has 218 valence electrons. The zero-order valence-electron chi connectivity index (χ0n) is 25.6. The maximum atomic E-state index is 14.6. The van der Waals surface area contributed by atoms with Crippen LogP contribution in [0.2, 0.25) is 13.3 Å². The summed E-state index contributed by atoms with van der Waals surface area (Å²) < 4.78 is 36.1. The molecular weight excluding hydrogens is 605 g/mol. The van der Waals surface area contributed by atoms with E-state index in [-0.39, 0.29) is 0 Å². The van der Waals surface area contributed by atoms with Crippen LogP contribution < -0.4 is 0 Å². The molecule has 2 aromatic carbocycles. The van der Waals surface area contributed by atoms with Crippen LogP contribution in [0.3, 0.4) is 0 Å². The second-order valence-electron chi connectivity index (χ2n) is 11.3. The van der Waals surface area contributed by atoms with Crippen molar-refractivity contribution in [1.82, 2.24) is 4.31 Å². The van der Waals surface area contributed by atoms with Crippen molar-refractivity contribution in [3.63, 3.8) is 0 Å². The van der Waals surface area contributed by atoms with E-state index in [0.29, 0.717) is 11.4 Å². The van der Waals surface area contributed by atoms with Crippen LogP contribution in [0.1, 0.15) is 109 Å². The third-order valence-electron chi connectivity index (χ3n) is 8.01. The predicted molar refractivity (Wildman–Crippen MR) is 172 cm³/mol. The Balaban J connectivity index is 2.76. The second-order valence-corrected chi connectivity index (χ2v) is 26.3. The van der Waals surface area contributed by atoms with Crippen LogP contribution in [0.5, 0.6) is 0 Å². The van der Waals surface area contributed by atoms with Gasteiger partial charge in [0.15, 0.2) is 0 Å². The van der Waals surface area contributed by atoms with Crippen LogP contribution >= 0.6 is 0 Å². The van der Waals surface area contributed by atoms with Gasteiger partial charge in [-0.05, 0) is 0 Å². The monoisotopic (exact) mass is 661 g/mol. The molecule has 0 aliphatic heterocycles. The summed E-state index contributed by atoms with van der Waals surface area (Å²) in [6.45, 7) is 11.5. The van der Waals surface area contributed by atoms with Crippen LogP contribution in [-0.4, -0.2) is 31.1 Å². The molecule has 2 aromatic rings. The van der Waals surface area contributed by atoms with Gasteiger partial charge in [-0.25, -0.2) is 0 Å². The molecule has 0 aliphatic rings. The van der Waals surface area contributed by atoms with Crippen molar-refractivity contribution in [3.05, 3.63) is 75.5 Å². The van der Waals surface area contributed by atoms with Gasteiger partial charge in [-0.1, -0.05) is 0 Å². The fourth-order valence-corrected chi connectivity index (χ4v) is 25.8. The minimum absolute atomic E-state index is 0.418. The number of benzene rings is 2. The SMILES string of the molecule is CCCCCC/C=[C](\N(Cc1ccccc1)S(=O)(=O)c1ccc(C)cc1)[Sn]([CH2]CCC)([CH2]CCC)[CH2]CCC. The van der Waals surface area contributed by atoms with Gasteiger partial charge in [0, 0.05) is 0 Å². The zero-order chi connectivity index (χ0) is 28.6. The van der Waals surface area contributed by atoms with Crippen molar-refractivity contribution in [2.24, 2.45) is 0 Å². The van der Waals surface area contributed by atoms with E-state index in [0.717, 1.165) is 24.0 Å². The second kappa shape index (κ2) is 18.2. The van der Waals surface area contributed by atoms with Gasteiger partial charge in [-0.15, -0.1) is 0 Å². The number of sulfonamides is 1. The summed E-state index contributed by atoms with van der Waals surface area (Å²) in [4.78, 5) is 0.419. The molecule has 0 saturated carbocycles. The molecule has 0 radical (unpaired) electrons. The molecule has 0 unspecified atom stereocenters. The Kier molecular flexibility index (Phi) is 15.9. The van der Waals surface area contributed by atoms with Crippen LogP contribution in [0.4, 0.5) is 0 Å². The van der Waals surface area contributed by atoms with Crippen LogP contribution in [-0.2, 0) is 16.6 Å². The van der Waals surface area contributed by atoms with E-state index in [1.165, 1.54) is 74.8 Å². The van der Waals surface area contributed by atoms with Crippen molar-refractivity contribution in [2.75, 3.05) is 0 Å². The first-order chi connectivity index (χ1) is 18.8. The molecule has 0 N–H and O–H groups in total. The fraction of sp³-hybridized carbons (Fsp3) is 0.588. The minimum atomic E-state index is -3.70. The van der Waals surface area contributed by atoms with Gasteiger partial charge in [-0.3, -0.25) is 0 Å². The van der Waals surface area contributed by atoms with E-state index in [1.807, 2.05) is 53.7 Å². The van der Waals surface area contributed by atoms with Gasteiger partial charge in [0.2, 0.25) is 0 Å². The fourth-order valence-electron chi connectivity index (χ4n) is 5.58. The average molecular weight is 661 g/mol. The summed E-state index contributed by atoms with van der Waals surface area (Å²) in [7, 11) is -3.70. The number of hydrogen-bond donors (Lipinski definition) is 0. The normalized spacial score (nSPS) is 12.6. The molecule has 0 aliphatic carbocycles. The Morgan fingerprint density at radius 1 is 0.718 bits per heavy atom. The molecule has 0 amide bonds. The van der Waals surface area contributed by atoms with E-state index in [4.69, 9.17) is 0 Å². The molecule has 0 spiro atoms. The van der Waals surface area contributed by atoms with E-state index >= 15 is 0 Å². The molecule has 39 heavy (non-hydrogen) atoms. The molecule has 0 fully saturated rings. The van der Waals surface area contributed by atoms with Gasteiger partial charge >= 0.3 is 247 Å². The quantitative estimate of drug-likeness (QED) is 0.105. The van der Waals surface area contributed by atoms with Crippen LogP contribution in [0.25, 0.3) is 0 Å². The van der Waals surface area contributed by atoms with Gasteiger partial charge in [0.1, 0.15) is 0 Å². The third kappa shape index (κ3) is 10.6. The first-order valence-corrected chi connectivity index (χ1v) is 24.6. The summed E-state index contributed by atoms with van der Waals surface area (Å²) >= 11 is -3.13. The summed E-state index contributed by atoms with van der Waals surface area (Å²) in [5.41, 5.74) is 2.14. The van der Waals surface area contributed by atoms with Crippen LogP contribution in [0, 0.1) is 6.92 Å². The Labute approximate surface area is 245 Å². The molecule has 5 heteroatoms. The molecule has 0 atom stereocenters. The Bertz CT molecular complexity index is 1040. The van der Waals surface area contributed by atoms with Crippen LogP contribution in [0.15, 0.2) is 69.3 Å². The zero-order valence-corrected chi connectivity index (χ0v) is 29.2. The van der Waals surface area contributed by atoms with Gasteiger partial charge in [0.25, 0.3) is 0 Å². The number of rotatable bonds is 20. The van der Waals surface area contributed by atoms with E-state index in [1.54, 1.807) is 0 Å². The maximum absolute atomic E-state index is 14.6. The summed E-state index contributed by atoms with van der Waals surface area (Å²) in [6.07, 6.45) is 15.4. The number of nitrogens with zero attached hydrogens (tertiary/aromatic N) is 1. The molecule has 0 saturated heterocycles. The van der Waals surface area contributed by atoms with Gasteiger partial charge in [0.05, 0.1) is 0 Å².